The summed E-state index contributed by atoms with van der Waals surface area (Å²) in [6.45, 7) is 0. The topological polar surface area (TPSA) is 80.5 Å². The second-order valence-electron chi connectivity index (χ2n) is 7.85. The van der Waals surface area contributed by atoms with Crippen molar-refractivity contribution in [3.05, 3.63) is 112 Å². The first-order valence-corrected chi connectivity index (χ1v) is 10.6. The van der Waals surface area contributed by atoms with Crippen LogP contribution in [-0.4, -0.2) is 25.1 Å². The lowest BCUT2D eigenvalue weighted by Crippen LogP contribution is -2.14. The van der Waals surface area contributed by atoms with Gasteiger partial charge in [-0.05, 0) is 23.8 Å². The minimum Gasteiger partial charge on any atom is -0.506 e. The van der Waals surface area contributed by atoms with Gasteiger partial charge in [0.25, 0.3) is 0 Å². The fourth-order valence-corrected chi connectivity index (χ4v) is 4.40. The zero-order valence-electron chi connectivity index (χ0n) is 18.2. The third kappa shape index (κ3) is 3.49. The van der Waals surface area contributed by atoms with Crippen molar-refractivity contribution < 1.29 is 19.4 Å². The summed E-state index contributed by atoms with van der Waals surface area (Å²) < 4.78 is 11.0. The Hall–Kier alpha value is -4.19. The van der Waals surface area contributed by atoms with Crippen molar-refractivity contribution in [1.82, 2.24) is 0 Å². The van der Waals surface area contributed by atoms with E-state index in [1.165, 1.54) is 0 Å². The highest BCUT2D eigenvalue weighted by atomic mass is 16.5. The number of benzene rings is 3. The van der Waals surface area contributed by atoms with Crippen LogP contribution in [0.25, 0.3) is 5.76 Å². The number of rotatable bonds is 5. The van der Waals surface area contributed by atoms with Crippen molar-refractivity contribution in [3.8, 4) is 11.5 Å². The van der Waals surface area contributed by atoms with E-state index in [9.17, 15) is 9.90 Å². The summed E-state index contributed by atoms with van der Waals surface area (Å²) in [5.41, 5.74) is 3.40. The van der Waals surface area contributed by atoms with Crippen molar-refractivity contribution in [2.45, 2.75) is 12.0 Å². The van der Waals surface area contributed by atoms with Crippen molar-refractivity contribution in [3.63, 3.8) is 0 Å². The molecule has 0 fully saturated rings. The normalized spacial score (nSPS) is 19.3. The van der Waals surface area contributed by atoms with Gasteiger partial charge in [-0.15, -0.1) is 0 Å². The van der Waals surface area contributed by atoms with Crippen LogP contribution >= 0.6 is 0 Å². The molecule has 0 amide bonds. The van der Waals surface area contributed by atoms with Gasteiger partial charge in [0.1, 0.15) is 23.3 Å². The molecule has 6 nitrogen and oxygen atoms in total. The van der Waals surface area contributed by atoms with Crippen LogP contribution in [0.4, 0.5) is 0 Å². The van der Waals surface area contributed by atoms with Gasteiger partial charge in [0, 0.05) is 28.7 Å². The van der Waals surface area contributed by atoms with Gasteiger partial charge < -0.3 is 14.6 Å². The van der Waals surface area contributed by atoms with E-state index in [1.807, 2.05) is 54.6 Å². The van der Waals surface area contributed by atoms with Crippen LogP contribution in [-0.2, 0) is 0 Å². The largest absolute Gasteiger partial charge is 0.506 e. The summed E-state index contributed by atoms with van der Waals surface area (Å²) in [7, 11) is 3.21. The molecule has 0 aromatic heterocycles. The molecule has 1 heterocycles. The monoisotopic (exact) mass is 438 g/mol. The summed E-state index contributed by atoms with van der Waals surface area (Å²) in [4.78, 5) is 13.1. The maximum Gasteiger partial charge on any atom is 0.199 e. The zero-order valence-corrected chi connectivity index (χ0v) is 18.2. The number of nitrogens with zero attached hydrogens (tertiary/aromatic N) is 2. The SMILES string of the molecule is COc1ccc(C2N=NC(C3=C(O)c4ccccc4C3=O)=CC2c2ccccc2)c(OC)c1. The average Bonchev–Trinajstić information content (AvgIpc) is 3.13. The highest BCUT2D eigenvalue weighted by Crippen LogP contribution is 2.46. The Balaban J connectivity index is 1.62. The number of methoxy groups -OCH3 is 2. The molecular weight excluding hydrogens is 416 g/mol. The van der Waals surface area contributed by atoms with E-state index in [1.54, 1.807) is 38.5 Å². The number of hydrogen-bond donors (Lipinski definition) is 1. The fraction of sp³-hybridized carbons (Fsp3) is 0.148. The molecule has 164 valence electrons. The van der Waals surface area contributed by atoms with Gasteiger partial charge in [-0.2, -0.15) is 10.2 Å². The van der Waals surface area contributed by atoms with Gasteiger partial charge in [0.05, 0.1) is 25.5 Å². The summed E-state index contributed by atoms with van der Waals surface area (Å²) in [5.74, 6) is 0.786. The van der Waals surface area contributed by atoms with Gasteiger partial charge in [0.15, 0.2) is 5.78 Å². The fourth-order valence-electron chi connectivity index (χ4n) is 4.40. The van der Waals surface area contributed by atoms with Crippen LogP contribution in [0.3, 0.4) is 0 Å². The Kier molecular flexibility index (Phi) is 5.26. The van der Waals surface area contributed by atoms with Crippen LogP contribution in [0.15, 0.2) is 100 Å². The van der Waals surface area contributed by atoms with E-state index < -0.39 is 0 Å². The Morgan fingerprint density at radius 2 is 1.61 bits per heavy atom. The van der Waals surface area contributed by atoms with Crippen molar-refractivity contribution in [2.75, 3.05) is 14.2 Å². The summed E-state index contributed by atoms with van der Waals surface area (Å²) >= 11 is 0. The Labute approximate surface area is 191 Å². The Bertz CT molecular complexity index is 1320. The number of aliphatic hydroxyl groups is 1. The second kappa shape index (κ2) is 8.39. The van der Waals surface area contributed by atoms with E-state index in [0.29, 0.717) is 28.3 Å². The predicted octanol–water partition coefficient (Wildman–Crippen LogP) is 6.04. The molecule has 0 spiro atoms. The molecule has 2 aliphatic rings. The first-order valence-electron chi connectivity index (χ1n) is 10.6. The number of hydrogen-bond acceptors (Lipinski definition) is 6. The van der Waals surface area contributed by atoms with Crippen molar-refractivity contribution >= 4 is 11.5 Å². The molecule has 33 heavy (non-hydrogen) atoms. The van der Waals surface area contributed by atoms with Crippen LogP contribution in [0.5, 0.6) is 11.5 Å². The minimum absolute atomic E-state index is 0.0620. The lowest BCUT2D eigenvalue weighted by molar-refractivity contribution is 0.103. The number of azo groups is 1. The van der Waals surface area contributed by atoms with Gasteiger partial charge in [-0.3, -0.25) is 4.79 Å². The number of ether oxygens (including phenoxy) is 2. The summed E-state index contributed by atoms with van der Waals surface area (Å²) in [6.07, 6.45) is 1.91. The lowest BCUT2D eigenvalue weighted by atomic mass is 9.84. The molecule has 2 unspecified atom stereocenters. The van der Waals surface area contributed by atoms with Crippen molar-refractivity contribution in [2.24, 2.45) is 10.2 Å². The molecule has 1 N–H and O–H groups in total. The maximum absolute atomic E-state index is 13.1. The molecule has 6 heteroatoms. The number of carbonyl (C=O) groups is 1. The smallest absolute Gasteiger partial charge is 0.199 e. The van der Waals surface area contributed by atoms with E-state index in [-0.39, 0.29) is 29.1 Å². The number of allylic oxidation sites excluding steroid dienone is 1. The number of aliphatic hydroxyl groups excluding tert-OH is 1. The average molecular weight is 438 g/mol. The van der Waals surface area contributed by atoms with E-state index in [2.05, 4.69) is 10.2 Å². The second-order valence-corrected chi connectivity index (χ2v) is 7.85. The highest BCUT2D eigenvalue weighted by molar-refractivity contribution is 6.22. The van der Waals surface area contributed by atoms with E-state index in [4.69, 9.17) is 9.47 Å². The highest BCUT2D eigenvalue weighted by Gasteiger charge is 2.36. The molecule has 1 aliphatic heterocycles. The van der Waals surface area contributed by atoms with Gasteiger partial charge >= 0.3 is 0 Å². The molecule has 0 radical (unpaired) electrons. The van der Waals surface area contributed by atoms with Crippen LogP contribution in [0.1, 0.15) is 39.0 Å². The van der Waals surface area contributed by atoms with Gasteiger partial charge in [0.2, 0.25) is 0 Å². The standard InChI is InChI=1S/C27H22N2O4/c1-32-17-12-13-20(23(14-17)33-2)25-21(16-8-4-3-5-9-16)15-22(28-29-25)24-26(30)18-10-6-7-11-19(18)27(24)31/h3-15,21,25,30H,1-2H3. The molecule has 3 aromatic rings. The number of carbonyl (C=O) groups excluding carboxylic acids is 1. The molecular formula is C27H22N2O4. The first kappa shape index (κ1) is 20.7. The molecule has 1 aliphatic carbocycles. The van der Waals surface area contributed by atoms with Crippen molar-refractivity contribution in [1.29, 1.82) is 0 Å². The quantitative estimate of drug-likeness (QED) is 0.526. The Morgan fingerprint density at radius 1 is 0.879 bits per heavy atom. The van der Waals surface area contributed by atoms with E-state index >= 15 is 0 Å². The summed E-state index contributed by atoms with van der Waals surface area (Å²) in [5, 5.41) is 19.9. The maximum atomic E-state index is 13.1. The van der Waals surface area contributed by atoms with Crippen LogP contribution in [0, 0.1) is 0 Å². The molecule has 3 aromatic carbocycles. The third-order valence-electron chi connectivity index (χ3n) is 6.06. The number of Topliss-reactive ketones (excluding diaryl/α,β-unsaturated/α-hetero) is 1. The molecule has 0 bridgehead atoms. The zero-order chi connectivity index (χ0) is 22.9. The van der Waals surface area contributed by atoms with Gasteiger partial charge in [-0.1, -0.05) is 54.6 Å². The minimum atomic E-state index is -0.376. The Morgan fingerprint density at radius 3 is 2.30 bits per heavy atom. The number of fused-ring (bicyclic) bond motifs is 1. The first-order chi connectivity index (χ1) is 16.1. The predicted molar refractivity (Wildman–Crippen MR) is 125 cm³/mol. The van der Waals surface area contributed by atoms with Crippen LogP contribution in [0.2, 0.25) is 0 Å². The lowest BCUT2D eigenvalue weighted by Gasteiger charge is -2.26. The van der Waals surface area contributed by atoms with Crippen LogP contribution < -0.4 is 9.47 Å². The molecule has 0 saturated carbocycles. The molecule has 0 saturated heterocycles. The molecule has 2 atom stereocenters. The molecule has 5 rings (SSSR count). The van der Waals surface area contributed by atoms with Gasteiger partial charge in [-0.25, -0.2) is 0 Å². The number of ketones is 1. The third-order valence-corrected chi connectivity index (χ3v) is 6.06. The summed E-state index contributed by atoms with van der Waals surface area (Å²) in [6, 6.07) is 22.1. The van der Waals surface area contributed by atoms with E-state index in [0.717, 1.165) is 11.1 Å².